The number of carbonyl (C=O) groups is 1. The van der Waals surface area contributed by atoms with Crippen LogP contribution in [0, 0.1) is 12.7 Å². The van der Waals surface area contributed by atoms with Crippen molar-refractivity contribution in [1.82, 2.24) is 34.7 Å². The molecule has 0 unspecified atom stereocenters. The lowest BCUT2D eigenvalue weighted by Crippen LogP contribution is -2.35. The van der Waals surface area contributed by atoms with Gasteiger partial charge in [-0.05, 0) is 25.8 Å². The maximum Gasteiger partial charge on any atom is 0.311 e. The SMILES string of the molecule is COc1cc2nc(N)n3nc(CCC[C@H](C)N(C)C(=O)c4nnc(C)o4)nc3c2cc1F. The fourth-order valence-electron chi connectivity index (χ4n) is 3.42. The van der Waals surface area contributed by atoms with Crippen molar-refractivity contribution in [2.75, 3.05) is 19.9 Å². The van der Waals surface area contributed by atoms with E-state index in [2.05, 4.69) is 25.3 Å². The molecule has 0 fully saturated rings. The molecule has 0 saturated heterocycles. The third-order valence-corrected chi connectivity index (χ3v) is 5.33. The first-order valence-electron chi connectivity index (χ1n) is 10.0. The number of anilines is 1. The molecule has 1 aromatic carbocycles. The minimum Gasteiger partial charge on any atom is -0.494 e. The molecular weight excluding hydrogens is 419 g/mol. The summed E-state index contributed by atoms with van der Waals surface area (Å²) in [6.45, 7) is 3.56. The van der Waals surface area contributed by atoms with Crippen molar-refractivity contribution in [3.05, 3.63) is 35.6 Å². The Morgan fingerprint density at radius 1 is 1.34 bits per heavy atom. The summed E-state index contributed by atoms with van der Waals surface area (Å²) in [7, 11) is 3.08. The van der Waals surface area contributed by atoms with Crippen molar-refractivity contribution in [3.63, 3.8) is 0 Å². The molecule has 0 radical (unpaired) electrons. The first kappa shape index (κ1) is 21.4. The van der Waals surface area contributed by atoms with Gasteiger partial charge in [0.1, 0.15) is 0 Å². The Labute approximate surface area is 182 Å². The second kappa shape index (κ2) is 8.36. The zero-order valence-electron chi connectivity index (χ0n) is 18.2. The highest BCUT2D eigenvalue weighted by Crippen LogP contribution is 2.27. The number of hydrogen-bond acceptors (Lipinski definition) is 9. The highest BCUT2D eigenvalue weighted by Gasteiger charge is 2.22. The second-order valence-electron chi connectivity index (χ2n) is 7.52. The zero-order chi connectivity index (χ0) is 23.0. The molecule has 168 valence electrons. The Bertz CT molecular complexity index is 1300. The fourth-order valence-corrected chi connectivity index (χ4v) is 3.42. The van der Waals surface area contributed by atoms with Crippen molar-refractivity contribution < 1.29 is 18.3 Å². The normalized spacial score (nSPS) is 12.4. The molecule has 4 rings (SSSR count). The predicted octanol–water partition coefficient (Wildman–Crippen LogP) is 2.18. The topological polar surface area (TPSA) is 138 Å². The molecular formula is C20H23FN8O3. The van der Waals surface area contributed by atoms with Crippen molar-refractivity contribution in [2.24, 2.45) is 0 Å². The smallest absolute Gasteiger partial charge is 0.311 e. The summed E-state index contributed by atoms with van der Waals surface area (Å²) >= 11 is 0. The molecule has 3 aromatic heterocycles. The molecule has 0 saturated carbocycles. The molecule has 12 heteroatoms. The van der Waals surface area contributed by atoms with Gasteiger partial charge >= 0.3 is 11.8 Å². The molecule has 11 nitrogen and oxygen atoms in total. The number of nitrogens with zero attached hydrogens (tertiary/aromatic N) is 7. The number of nitrogens with two attached hydrogens (primary N) is 1. The van der Waals surface area contributed by atoms with E-state index in [4.69, 9.17) is 14.9 Å². The summed E-state index contributed by atoms with van der Waals surface area (Å²) < 4.78 is 25.8. The third-order valence-electron chi connectivity index (χ3n) is 5.33. The first-order chi connectivity index (χ1) is 15.3. The van der Waals surface area contributed by atoms with Crippen LogP contribution in [0.5, 0.6) is 5.75 Å². The average molecular weight is 442 g/mol. The molecule has 0 bridgehead atoms. The number of amides is 1. The van der Waals surface area contributed by atoms with Crippen molar-refractivity contribution in [2.45, 2.75) is 39.2 Å². The van der Waals surface area contributed by atoms with Gasteiger partial charge < -0.3 is 19.8 Å². The number of halogens is 1. The highest BCUT2D eigenvalue weighted by atomic mass is 19.1. The number of aryl methyl sites for hydroxylation is 2. The number of fused-ring (bicyclic) bond motifs is 3. The van der Waals surface area contributed by atoms with Crippen LogP contribution in [0.15, 0.2) is 16.5 Å². The Kier molecular flexibility index (Phi) is 5.59. The van der Waals surface area contributed by atoms with Gasteiger partial charge in [0.25, 0.3) is 0 Å². The number of nitrogen functional groups attached to an aromatic ring is 1. The lowest BCUT2D eigenvalue weighted by molar-refractivity contribution is 0.0694. The summed E-state index contributed by atoms with van der Waals surface area (Å²) in [6, 6.07) is 2.73. The van der Waals surface area contributed by atoms with Gasteiger partial charge in [-0.3, -0.25) is 4.79 Å². The van der Waals surface area contributed by atoms with Gasteiger partial charge in [0.15, 0.2) is 23.0 Å². The maximum atomic E-state index is 14.2. The van der Waals surface area contributed by atoms with Gasteiger partial charge in [-0.1, -0.05) is 0 Å². The van der Waals surface area contributed by atoms with Gasteiger partial charge in [-0.2, -0.15) is 4.52 Å². The van der Waals surface area contributed by atoms with E-state index in [1.807, 2.05) is 6.92 Å². The van der Waals surface area contributed by atoms with Crippen LogP contribution in [0.3, 0.4) is 0 Å². The van der Waals surface area contributed by atoms with Crippen LogP contribution in [-0.4, -0.2) is 60.8 Å². The molecule has 0 aliphatic heterocycles. The maximum absolute atomic E-state index is 14.2. The number of methoxy groups -OCH3 is 1. The van der Waals surface area contributed by atoms with Crippen LogP contribution < -0.4 is 10.5 Å². The van der Waals surface area contributed by atoms with Gasteiger partial charge in [0, 0.05) is 37.9 Å². The summed E-state index contributed by atoms with van der Waals surface area (Å²) in [5.41, 5.74) is 6.92. The van der Waals surface area contributed by atoms with E-state index in [-0.39, 0.29) is 29.5 Å². The van der Waals surface area contributed by atoms with Crippen molar-refractivity contribution in [1.29, 1.82) is 0 Å². The third kappa shape index (κ3) is 3.90. The minimum atomic E-state index is -0.518. The Morgan fingerprint density at radius 2 is 2.12 bits per heavy atom. The van der Waals surface area contributed by atoms with E-state index in [9.17, 15) is 9.18 Å². The number of hydrogen-bond donors (Lipinski definition) is 1. The second-order valence-corrected chi connectivity index (χ2v) is 7.52. The van der Waals surface area contributed by atoms with Crippen LogP contribution >= 0.6 is 0 Å². The quantitative estimate of drug-likeness (QED) is 0.456. The summed E-state index contributed by atoms with van der Waals surface area (Å²) in [4.78, 5) is 22.8. The molecule has 0 aliphatic carbocycles. The summed E-state index contributed by atoms with van der Waals surface area (Å²) in [6.07, 6.45) is 1.96. The number of benzene rings is 1. The average Bonchev–Trinajstić information content (AvgIpc) is 3.40. The summed E-state index contributed by atoms with van der Waals surface area (Å²) in [5, 5.41) is 12.4. The molecule has 32 heavy (non-hydrogen) atoms. The molecule has 0 spiro atoms. The van der Waals surface area contributed by atoms with Crippen LogP contribution in [0.4, 0.5) is 10.3 Å². The minimum absolute atomic E-state index is 0.0300. The van der Waals surface area contributed by atoms with Gasteiger partial charge in [-0.25, -0.2) is 14.4 Å². The van der Waals surface area contributed by atoms with Crippen molar-refractivity contribution in [3.8, 4) is 5.75 Å². The van der Waals surface area contributed by atoms with E-state index < -0.39 is 5.82 Å². The largest absolute Gasteiger partial charge is 0.494 e. The highest BCUT2D eigenvalue weighted by molar-refractivity contribution is 5.93. The molecule has 4 aromatic rings. The van der Waals surface area contributed by atoms with E-state index in [1.54, 1.807) is 18.9 Å². The number of rotatable bonds is 7. The van der Waals surface area contributed by atoms with Crippen molar-refractivity contribution >= 4 is 28.4 Å². The van der Waals surface area contributed by atoms with E-state index in [0.717, 1.165) is 0 Å². The summed E-state index contributed by atoms with van der Waals surface area (Å²) in [5.74, 6) is 0.244. The van der Waals surface area contributed by atoms with Crippen LogP contribution in [0.25, 0.3) is 16.6 Å². The van der Waals surface area contributed by atoms with Gasteiger partial charge in [0.05, 0.1) is 12.6 Å². The lowest BCUT2D eigenvalue weighted by Gasteiger charge is -2.23. The predicted molar refractivity (Wildman–Crippen MR) is 113 cm³/mol. The number of aromatic nitrogens is 6. The monoisotopic (exact) mass is 442 g/mol. The molecule has 2 N–H and O–H groups in total. The molecule has 0 aliphatic rings. The molecule has 3 heterocycles. The fraction of sp³-hybridized carbons (Fsp3) is 0.400. The van der Waals surface area contributed by atoms with Gasteiger partial charge in [0.2, 0.25) is 11.8 Å². The zero-order valence-corrected chi connectivity index (χ0v) is 18.2. The van der Waals surface area contributed by atoms with Crippen LogP contribution in [-0.2, 0) is 6.42 Å². The lowest BCUT2D eigenvalue weighted by atomic mass is 10.1. The van der Waals surface area contributed by atoms with E-state index >= 15 is 0 Å². The first-order valence-corrected chi connectivity index (χ1v) is 10.0. The van der Waals surface area contributed by atoms with Crippen LogP contribution in [0.1, 0.15) is 42.2 Å². The number of carbonyl (C=O) groups excluding carboxylic acids is 1. The molecule has 1 atom stereocenters. The molecule has 1 amide bonds. The van der Waals surface area contributed by atoms with E-state index in [0.29, 0.717) is 47.5 Å². The Hall–Kier alpha value is -3.83. The Morgan fingerprint density at radius 3 is 2.81 bits per heavy atom. The Balaban J connectivity index is 1.47. The number of ether oxygens (including phenoxy) is 1. The van der Waals surface area contributed by atoms with Gasteiger partial charge in [-0.15, -0.1) is 15.3 Å². The standard InChI is InChI=1S/C20H23FN8O3/c1-10(28(3)19(30)18-26-25-11(2)32-18)6-5-7-16-24-17-12-8-13(21)15(31-4)9-14(12)23-20(22)29(17)27-16/h8-10H,5-7H2,1-4H3,(H2,22,23)/t10-/m0/s1. The van der Waals surface area contributed by atoms with Crippen LogP contribution in [0.2, 0.25) is 0 Å². The van der Waals surface area contributed by atoms with E-state index in [1.165, 1.54) is 23.8 Å².